The van der Waals surface area contributed by atoms with Crippen molar-refractivity contribution in [2.24, 2.45) is 0 Å². The van der Waals surface area contributed by atoms with Crippen LogP contribution in [-0.2, 0) is 22.7 Å². The summed E-state index contributed by atoms with van der Waals surface area (Å²) in [6.07, 6.45) is 4.43. The Labute approximate surface area is 239 Å². The van der Waals surface area contributed by atoms with Gasteiger partial charge in [0.15, 0.2) is 11.5 Å². The maximum absolute atomic E-state index is 13.6. The molecule has 0 saturated carbocycles. The lowest BCUT2D eigenvalue weighted by molar-refractivity contribution is -0.125. The molecule has 5 rings (SSSR count). The number of nitrogens with zero attached hydrogens (tertiary/aromatic N) is 3. The van der Waals surface area contributed by atoms with Gasteiger partial charge in [-0.05, 0) is 66.4 Å². The van der Waals surface area contributed by atoms with Gasteiger partial charge in [-0.3, -0.25) is 19.5 Å². The second-order valence-corrected chi connectivity index (χ2v) is 10.3. The van der Waals surface area contributed by atoms with Crippen molar-refractivity contribution in [2.45, 2.75) is 38.1 Å². The number of aliphatic hydroxyl groups excluding tert-OH is 1. The third-order valence-corrected chi connectivity index (χ3v) is 7.34. The summed E-state index contributed by atoms with van der Waals surface area (Å²) in [5.41, 5.74) is 2.44. The Morgan fingerprint density at radius 3 is 2.78 bits per heavy atom. The van der Waals surface area contributed by atoms with E-state index >= 15 is 0 Å². The Balaban J connectivity index is 1.43. The van der Waals surface area contributed by atoms with E-state index in [9.17, 15) is 14.7 Å². The first kappa shape index (κ1) is 28.5. The van der Waals surface area contributed by atoms with E-state index in [1.54, 1.807) is 30.6 Å². The topological polar surface area (TPSA) is 113 Å². The van der Waals surface area contributed by atoms with E-state index in [4.69, 9.17) is 14.2 Å². The number of aromatic nitrogens is 1. The first-order valence-electron chi connectivity index (χ1n) is 13.9. The van der Waals surface area contributed by atoms with Crippen LogP contribution in [0.1, 0.15) is 34.3 Å². The molecule has 10 heteroatoms. The quantitative estimate of drug-likeness (QED) is 0.473. The molecule has 0 unspecified atom stereocenters. The molecule has 2 aliphatic rings. The Bertz CT molecular complexity index is 1340. The summed E-state index contributed by atoms with van der Waals surface area (Å²) in [6.45, 7) is 2.51. The monoisotopic (exact) mass is 560 g/mol. The molecule has 1 fully saturated rings. The zero-order valence-corrected chi connectivity index (χ0v) is 23.2. The minimum Gasteiger partial charge on any atom is -0.493 e. The highest BCUT2D eigenvalue weighted by Crippen LogP contribution is 2.33. The van der Waals surface area contributed by atoms with Crippen molar-refractivity contribution in [1.82, 2.24) is 20.1 Å². The van der Waals surface area contributed by atoms with Crippen LogP contribution in [0.4, 0.5) is 0 Å². The van der Waals surface area contributed by atoms with Gasteiger partial charge in [-0.2, -0.15) is 0 Å². The van der Waals surface area contributed by atoms with Gasteiger partial charge in [0, 0.05) is 50.7 Å². The molecule has 2 atom stereocenters. The van der Waals surface area contributed by atoms with Crippen molar-refractivity contribution >= 4 is 11.8 Å². The second-order valence-electron chi connectivity index (χ2n) is 10.3. The lowest BCUT2D eigenvalue weighted by Gasteiger charge is -2.39. The van der Waals surface area contributed by atoms with Crippen LogP contribution in [0.3, 0.4) is 0 Å². The van der Waals surface area contributed by atoms with Crippen LogP contribution in [-0.4, -0.2) is 83.7 Å². The van der Waals surface area contributed by atoms with Crippen molar-refractivity contribution in [3.05, 3.63) is 83.7 Å². The molecule has 2 aliphatic heterocycles. The lowest BCUT2D eigenvalue weighted by Crippen LogP contribution is -2.57. The van der Waals surface area contributed by atoms with Crippen LogP contribution in [0.2, 0.25) is 0 Å². The van der Waals surface area contributed by atoms with Crippen LogP contribution >= 0.6 is 0 Å². The number of hydrogen-bond donors (Lipinski definition) is 2. The van der Waals surface area contributed by atoms with Crippen molar-refractivity contribution in [3.63, 3.8) is 0 Å². The molecule has 0 spiro atoms. The van der Waals surface area contributed by atoms with Gasteiger partial charge in [-0.1, -0.05) is 12.1 Å². The summed E-state index contributed by atoms with van der Waals surface area (Å²) in [5, 5.41) is 12.6. The van der Waals surface area contributed by atoms with Crippen LogP contribution in [0.25, 0.3) is 0 Å². The number of carbonyl (C=O) groups excluding carboxylic acids is 2. The number of rotatable bonds is 6. The number of benzene rings is 2. The maximum atomic E-state index is 13.6. The Hall–Kier alpha value is -3.99. The highest BCUT2D eigenvalue weighted by Gasteiger charge is 2.32. The van der Waals surface area contributed by atoms with Crippen molar-refractivity contribution in [2.75, 3.05) is 39.9 Å². The van der Waals surface area contributed by atoms with Crippen molar-refractivity contribution < 1.29 is 28.9 Å². The number of hydrogen-bond acceptors (Lipinski definition) is 8. The van der Waals surface area contributed by atoms with Gasteiger partial charge in [0.05, 0.1) is 32.4 Å². The van der Waals surface area contributed by atoms with E-state index in [2.05, 4.69) is 15.2 Å². The number of fused-ring (bicyclic) bond motifs is 5. The van der Waals surface area contributed by atoms with E-state index in [1.807, 2.05) is 36.4 Å². The summed E-state index contributed by atoms with van der Waals surface area (Å²) >= 11 is 0. The molecule has 3 aromatic rings. The summed E-state index contributed by atoms with van der Waals surface area (Å²) in [6, 6.07) is 16.3. The Morgan fingerprint density at radius 1 is 1.12 bits per heavy atom. The van der Waals surface area contributed by atoms with Gasteiger partial charge in [-0.15, -0.1) is 0 Å². The number of methoxy groups -OCH3 is 1. The molecule has 4 bridgehead atoms. The fraction of sp³-hybridized carbons (Fsp3) is 0.387. The average molecular weight is 561 g/mol. The zero-order valence-electron chi connectivity index (χ0n) is 23.2. The normalized spacial score (nSPS) is 20.1. The highest BCUT2D eigenvalue weighted by atomic mass is 16.5. The lowest BCUT2D eigenvalue weighted by atomic mass is 10.0. The molecular formula is C31H36N4O6. The third kappa shape index (κ3) is 7.40. The molecule has 0 aliphatic carbocycles. The number of piperidine rings is 1. The first-order valence-corrected chi connectivity index (χ1v) is 13.9. The smallest absolute Gasteiger partial charge is 0.254 e. The fourth-order valence-corrected chi connectivity index (χ4v) is 5.27. The summed E-state index contributed by atoms with van der Waals surface area (Å²) in [5.74, 6) is 0.842. The standard InChI is InChI=1S/C31H36N4O6/c1-39-28-7-6-24-17-29(28)41-25-5-2-4-23(16-25)21-40-27-10-14-34(18-22-8-11-32-12-9-22)19-26(27)33-30(37)20-35(31(24)38)13-3-15-36/h2,4-9,11-12,16-17,26-27,36H,3,10,13-15,18-21H2,1H3,(H,33,37)/t26-,27-/m0/s1. The molecule has 0 radical (unpaired) electrons. The summed E-state index contributed by atoms with van der Waals surface area (Å²) in [4.78, 5) is 34.8. The van der Waals surface area contributed by atoms with Gasteiger partial charge < -0.3 is 29.5 Å². The molecule has 2 N–H and O–H groups in total. The van der Waals surface area contributed by atoms with Gasteiger partial charge in [0.2, 0.25) is 5.91 Å². The average Bonchev–Trinajstić information content (AvgIpc) is 2.99. The molecule has 41 heavy (non-hydrogen) atoms. The summed E-state index contributed by atoms with van der Waals surface area (Å²) < 4.78 is 18.0. The molecule has 1 aromatic heterocycles. The number of carbonyl (C=O) groups is 2. The van der Waals surface area contributed by atoms with E-state index in [-0.39, 0.29) is 43.7 Å². The molecule has 1 saturated heterocycles. The predicted octanol–water partition coefficient (Wildman–Crippen LogP) is 3.00. The SMILES string of the molecule is COc1ccc2cc1Oc1cccc(c1)CO[C@H]1CCN(Cc3ccncc3)C[C@@H]1NC(=O)CN(CCCO)C2=O. The molecule has 2 aromatic carbocycles. The zero-order chi connectivity index (χ0) is 28.6. The molecule has 3 heterocycles. The number of aliphatic hydroxyl groups is 1. The molecule has 216 valence electrons. The van der Waals surface area contributed by atoms with Crippen molar-refractivity contribution in [3.8, 4) is 17.2 Å². The van der Waals surface area contributed by atoms with Crippen LogP contribution in [0.15, 0.2) is 67.0 Å². The summed E-state index contributed by atoms with van der Waals surface area (Å²) in [7, 11) is 1.54. The molecular weight excluding hydrogens is 524 g/mol. The third-order valence-electron chi connectivity index (χ3n) is 7.34. The number of amides is 2. The predicted molar refractivity (Wildman–Crippen MR) is 152 cm³/mol. The molecule has 10 nitrogen and oxygen atoms in total. The Kier molecular flexibility index (Phi) is 9.45. The van der Waals surface area contributed by atoms with Gasteiger partial charge >= 0.3 is 0 Å². The largest absolute Gasteiger partial charge is 0.493 e. The Morgan fingerprint density at radius 2 is 1.98 bits per heavy atom. The van der Waals surface area contributed by atoms with E-state index < -0.39 is 0 Å². The minimum absolute atomic E-state index is 0.0960. The first-order chi connectivity index (χ1) is 20.0. The van der Waals surface area contributed by atoms with Gasteiger partial charge in [0.1, 0.15) is 5.75 Å². The van der Waals surface area contributed by atoms with E-state index in [0.29, 0.717) is 42.4 Å². The maximum Gasteiger partial charge on any atom is 0.254 e. The highest BCUT2D eigenvalue weighted by molar-refractivity contribution is 5.97. The molecule has 2 amide bonds. The van der Waals surface area contributed by atoms with Crippen molar-refractivity contribution in [1.29, 1.82) is 0 Å². The minimum atomic E-state index is -0.335. The van der Waals surface area contributed by atoms with E-state index in [1.165, 1.54) is 12.0 Å². The van der Waals surface area contributed by atoms with E-state index in [0.717, 1.165) is 30.6 Å². The van der Waals surface area contributed by atoms with Crippen LogP contribution in [0, 0.1) is 0 Å². The van der Waals surface area contributed by atoms with Gasteiger partial charge in [-0.25, -0.2) is 0 Å². The van der Waals surface area contributed by atoms with Gasteiger partial charge in [0.25, 0.3) is 5.91 Å². The van der Waals surface area contributed by atoms with Crippen LogP contribution in [0.5, 0.6) is 17.2 Å². The number of nitrogens with one attached hydrogen (secondary N) is 1. The van der Waals surface area contributed by atoms with Crippen LogP contribution < -0.4 is 14.8 Å². The number of pyridine rings is 1. The number of ether oxygens (including phenoxy) is 3. The second kappa shape index (κ2) is 13.6. The fourth-order valence-electron chi connectivity index (χ4n) is 5.27. The number of likely N-dealkylation sites (tertiary alicyclic amines) is 1.